The third-order valence-electron chi connectivity index (χ3n) is 2.36. The van der Waals surface area contributed by atoms with E-state index in [4.69, 9.17) is 0 Å². The van der Waals surface area contributed by atoms with E-state index in [0.29, 0.717) is 11.3 Å². The van der Waals surface area contributed by atoms with Crippen LogP contribution in [-0.2, 0) is 4.79 Å². The van der Waals surface area contributed by atoms with E-state index in [1.54, 1.807) is 6.92 Å². The van der Waals surface area contributed by atoms with Crippen LogP contribution in [0.5, 0.6) is 0 Å². The Morgan fingerprint density at radius 3 is 2.07 bits per heavy atom. The Balaban J connectivity index is 4.22. The summed E-state index contributed by atoms with van der Waals surface area (Å²) in [6.07, 6.45) is 0. The minimum Gasteiger partial charge on any atom is -0.298 e. The van der Waals surface area contributed by atoms with Crippen molar-refractivity contribution in [2.75, 3.05) is 12.8 Å². The summed E-state index contributed by atoms with van der Waals surface area (Å²) >= 11 is 1.85. The highest BCUT2D eigenvalue weighted by atomic mass is 32.2. The Hall–Kier alpha value is -0.0200. The zero-order valence-electron chi connectivity index (χ0n) is 10.2. The minimum absolute atomic E-state index is 0.0717. The van der Waals surface area contributed by atoms with Crippen molar-refractivity contribution in [1.29, 1.82) is 0 Å². The van der Waals surface area contributed by atoms with Crippen molar-refractivity contribution >= 4 is 17.5 Å². The van der Waals surface area contributed by atoms with Crippen molar-refractivity contribution < 1.29 is 4.79 Å². The van der Waals surface area contributed by atoms with Crippen LogP contribution in [0.25, 0.3) is 0 Å². The predicted octanol–water partition coefficient (Wildman–Crippen LogP) is 2.43. The predicted molar refractivity (Wildman–Crippen MR) is 65.0 cm³/mol. The molecule has 0 aromatic rings. The molecule has 84 valence electrons. The van der Waals surface area contributed by atoms with E-state index < -0.39 is 0 Å². The molecular weight excluding hydrogens is 194 g/mol. The molecule has 0 radical (unpaired) electrons. The number of likely N-dealkylation sites (N-methyl/N-ethyl adjacent to an activating group) is 1. The van der Waals surface area contributed by atoms with Crippen LogP contribution in [0, 0.1) is 0 Å². The molecule has 0 aromatic heterocycles. The van der Waals surface area contributed by atoms with E-state index in [1.165, 1.54) is 0 Å². The number of ketones is 1. The van der Waals surface area contributed by atoms with Gasteiger partial charge in [-0.15, -0.1) is 0 Å². The molecule has 0 amide bonds. The van der Waals surface area contributed by atoms with E-state index >= 15 is 0 Å². The molecule has 1 unspecified atom stereocenters. The van der Waals surface area contributed by atoms with Gasteiger partial charge in [0.25, 0.3) is 0 Å². The van der Waals surface area contributed by atoms with Gasteiger partial charge in [0.05, 0.1) is 6.04 Å². The summed E-state index contributed by atoms with van der Waals surface area (Å²) in [5.74, 6) is 1.18. The first-order valence-electron chi connectivity index (χ1n) is 5.20. The van der Waals surface area contributed by atoms with Gasteiger partial charge in [-0.05, 0) is 33.1 Å². The second kappa shape index (κ2) is 6.46. The molecule has 0 rings (SSSR count). The molecule has 2 nitrogen and oxygen atoms in total. The molecule has 14 heavy (non-hydrogen) atoms. The van der Waals surface area contributed by atoms with Crippen LogP contribution < -0.4 is 0 Å². The molecule has 0 heterocycles. The Morgan fingerprint density at radius 2 is 1.79 bits per heavy atom. The van der Waals surface area contributed by atoms with Crippen LogP contribution >= 0.6 is 11.8 Å². The topological polar surface area (TPSA) is 20.3 Å². The van der Waals surface area contributed by atoms with Crippen LogP contribution in [0.15, 0.2) is 0 Å². The Labute approximate surface area is 92.4 Å². The quantitative estimate of drug-likeness (QED) is 0.681. The van der Waals surface area contributed by atoms with Crippen LogP contribution in [-0.4, -0.2) is 40.8 Å². The summed E-state index contributed by atoms with van der Waals surface area (Å²) in [6.45, 7) is 10.3. The highest BCUT2D eigenvalue weighted by molar-refractivity contribution is 7.99. The van der Waals surface area contributed by atoms with Gasteiger partial charge >= 0.3 is 0 Å². The van der Waals surface area contributed by atoms with Gasteiger partial charge in [-0.1, -0.05) is 13.8 Å². The maximum Gasteiger partial charge on any atom is 0.147 e. The zero-order chi connectivity index (χ0) is 11.3. The average molecular weight is 217 g/mol. The monoisotopic (exact) mass is 217 g/mol. The summed E-state index contributed by atoms with van der Waals surface area (Å²) in [5, 5.41) is 0.595. The molecule has 3 heteroatoms. The smallest absolute Gasteiger partial charge is 0.147 e. The number of hydrogen-bond donors (Lipinski definition) is 0. The van der Waals surface area contributed by atoms with Gasteiger partial charge < -0.3 is 0 Å². The molecule has 0 fully saturated rings. The lowest BCUT2D eigenvalue weighted by Crippen LogP contribution is -2.43. The van der Waals surface area contributed by atoms with Crippen molar-refractivity contribution in [3.05, 3.63) is 0 Å². The van der Waals surface area contributed by atoms with Crippen LogP contribution in [0.4, 0.5) is 0 Å². The van der Waals surface area contributed by atoms with E-state index in [0.717, 1.165) is 5.75 Å². The highest BCUT2D eigenvalue weighted by Crippen LogP contribution is 2.15. The van der Waals surface area contributed by atoms with Crippen LogP contribution in [0.1, 0.15) is 34.6 Å². The molecule has 0 N–H and O–H groups in total. The molecule has 0 aliphatic rings. The summed E-state index contributed by atoms with van der Waals surface area (Å²) in [4.78, 5) is 13.6. The summed E-state index contributed by atoms with van der Waals surface area (Å²) in [6, 6.07) is 0.499. The zero-order valence-corrected chi connectivity index (χ0v) is 11.0. The fourth-order valence-corrected chi connectivity index (χ4v) is 2.20. The molecule has 0 saturated carbocycles. The van der Waals surface area contributed by atoms with Gasteiger partial charge in [0.2, 0.25) is 0 Å². The second-order valence-corrected chi connectivity index (χ2v) is 5.88. The van der Waals surface area contributed by atoms with E-state index in [-0.39, 0.29) is 11.8 Å². The fraction of sp³-hybridized carbons (Fsp3) is 0.909. The number of thioether (sulfide) groups is 1. The molecule has 0 aromatic carbocycles. The fourth-order valence-electron chi connectivity index (χ4n) is 1.17. The molecular formula is C11H23NOS. The van der Waals surface area contributed by atoms with Gasteiger partial charge in [-0.2, -0.15) is 11.8 Å². The second-order valence-electron chi connectivity index (χ2n) is 4.27. The summed E-state index contributed by atoms with van der Waals surface area (Å²) < 4.78 is 0. The number of carbonyl (C=O) groups excluding carboxylic acids is 1. The number of nitrogens with zero attached hydrogens (tertiary/aromatic N) is 1. The Morgan fingerprint density at radius 1 is 1.29 bits per heavy atom. The van der Waals surface area contributed by atoms with Gasteiger partial charge in [0.15, 0.2) is 0 Å². The molecule has 0 aliphatic carbocycles. The van der Waals surface area contributed by atoms with Crippen molar-refractivity contribution in [1.82, 2.24) is 4.90 Å². The number of Topliss-reactive ketones (excluding diaryl/α,β-unsaturated/α-hetero) is 1. The third-order valence-corrected chi connectivity index (χ3v) is 3.54. The third kappa shape index (κ3) is 5.01. The summed E-state index contributed by atoms with van der Waals surface area (Å²) in [5.41, 5.74) is 0. The lowest BCUT2D eigenvalue weighted by Gasteiger charge is -2.29. The van der Waals surface area contributed by atoms with Gasteiger partial charge in [-0.3, -0.25) is 9.69 Å². The van der Waals surface area contributed by atoms with Gasteiger partial charge in [0.1, 0.15) is 5.78 Å². The first-order valence-corrected chi connectivity index (χ1v) is 6.25. The van der Waals surface area contributed by atoms with Gasteiger partial charge in [-0.25, -0.2) is 0 Å². The first-order chi connectivity index (χ1) is 6.36. The summed E-state index contributed by atoms with van der Waals surface area (Å²) in [7, 11) is 2.03. The maximum atomic E-state index is 11.4. The van der Waals surface area contributed by atoms with E-state index in [1.807, 2.05) is 18.8 Å². The van der Waals surface area contributed by atoms with Crippen molar-refractivity contribution in [3.63, 3.8) is 0 Å². The average Bonchev–Trinajstić information content (AvgIpc) is 2.02. The van der Waals surface area contributed by atoms with E-state index in [2.05, 4.69) is 32.6 Å². The SMILES string of the molecule is CC(=O)C(CSC(C)C)N(C)C(C)C. The maximum absolute atomic E-state index is 11.4. The molecule has 1 atom stereocenters. The Bertz CT molecular complexity index is 180. The van der Waals surface area contributed by atoms with Crippen molar-refractivity contribution in [2.45, 2.75) is 52.0 Å². The normalized spacial score (nSPS) is 14.1. The van der Waals surface area contributed by atoms with Crippen molar-refractivity contribution in [2.24, 2.45) is 0 Å². The molecule has 0 saturated heterocycles. The van der Waals surface area contributed by atoms with Crippen molar-refractivity contribution in [3.8, 4) is 0 Å². The largest absolute Gasteiger partial charge is 0.298 e. The van der Waals surface area contributed by atoms with Crippen LogP contribution in [0.2, 0.25) is 0 Å². The molecule has 0 aliphatic heterocycles. The molecule has 0 bridgehead atoms. The number of rotatable bonds is 6. The number of carbonyl (C=O) groups is 1. The number of hydrogen-bond acceptors (Lipinski definition) is 3. The highest BCUT2D eigenvalue weighted by Gasteiger charge is 2.21. The first kappa shape index (κ1) is 14.0. The lowest BCUT2D eigenvalue weighted by molar-refractivity contribution is -0.121. The van der Waals surface area contributed by atoms with Gasteiger partial charge in [0, 0.05) is 11.8 Å². The van der Waals surface area contributed by atoms with Crippen LogP contribution in [0.3, 0.4) is 0 Å². The Kier molecular flexibility index (Phi) is 6.45. The molecule has 0 spiro atoms. The van der Waals surface area contributed by atoms with E-state index in [9.17, 15) is 4.79 Å². The lowest BCUT2D eigenvalue weighted by atomic mass is 10.2. The minimum atomic E-state index is 0.0717. The standard InChI is InChI=1S/C11H23NOS/c1-8(2)12(6)11(10(5)13)7-14-9(3)4/h8-9,11H,7H2,1-6H3.